The van der Waals surface area contributed by atoms with Crippen molar-refractivity contribution in [3.63, 3.8) is 0 Å². The molecule has 1 aromatic carbocycles. The number of rotatable bonds is 7. The summed E-state index contributed by atoms with van der Waals surface area (Å²) in [4.78, 5) is 16.9. The van der Waals surface area contributed by atoms with Gasteiger partial charge in [-0.05, 0) is 43.1 Å². The molecular weight excluding hydrogens is 338 g/mol. The van der Waals surface area contributed by atoms with Crippen molar-refractivity contribution in [1.82, 2.24) is 14.5 Å². The smallest absolute Gasteiger partial charge is 0.253 e. The number of likely N-dealkylation sites (N-methyl/N-ethyl adjacent to an activating group) is 1. The Labute approximate surface area is 151 Å². The molecule has 0 saturated carbocycles. The monoisotopic (exact) mass is 367 g/mol. The predicted molar refractivity (Wildman–Crippen MR) is 99.1 cm³/mol. The van der Waals surface area contributed by atoms with E-state index >= 15 is 0 Å². The highest BCUT2D eigenvalue weighted by Crippen LogP contribution is 2.14. The van der Waals surface area contributed by atoms with Gasteiger partial charge >= 0.3 is 0 Å². The van der Waals surface area contributed by atoms with Crippen LogP contribution < -0.4 is 4.72 Å². The third-order valence-corrected chi connectivity index (χ3v) is 6.01. The van der Waals surface area contributed by atoms with Crippen molar-refractivity contribution >= 4 is 15.9 Å². The van der Waals surface area contributed by atoms with Crippen LogP contribution in [-0.2, 0) is 10.0 Å². The van der Waals surface area contributed by atoms with Crippen LogP contribution in [0.3, 0.4) is 0 Å². The summed E-state index contributed by atoms with van der Waals surface area (Å²) in [5, 5.41) is 0. The van der Waals surface area contributed by atoms with E-state index in [-0.39, 0.29) is 10.8 Å². The van der Waals surface area contributed by atoms with Gasteiger partial charge in [-0.3, -0.25) is 4.79 Å². The Kier molecular flexibility index (Phi) is 6.98. The molecule has 0 unspecified atom stereocenters. The second-order valence-corrected chi connectivity index (χ2v) is 8.60. The first-order valence-electron chi connectivity index (χ1n) is 8.95. The number of carbonyl (C=O) groups is 1. The largest absolute Gasteiger partial charge is 0.336 e. The molecule has 1 heterocycles. The quantitative estimate of drug-likeness (QED) is 0.798. The van der Waals surface area contributed by atoms with Crippen molar-refractivity contribution in [2.75, 3.05) is 39.3 Å². The van der Waals surface area contributed by atoms with Crippen LogP contribution in [-0.4, -0.2) is 63.4 Å². The number of nitrogens with zero attached hydrogens (tertiary/aromatic N) is 2. The molecule has 1 aromatic rings. The van der Waals surface area contributed by atoms with Gasteiger partial charge in [-0.15, -0.1) is 0 Å². The van der Waals surface area contributed by atoms with E-state index in [1.165, 1.54) is 12.1 Å². The molecule has 1 saturated heterocycles. The van der Waals surface area contributed by atoms with Gasteiger partial charge in [0.05, 0.1) is 4.90 Å². The molecule has 7 heteroatoms. The van der Waals surface area contributed by atoms with Gasteiger partial charge in [0.1, 0.15) is 0 Å². The van der Waals surface area contributed by atoms with E-state index in [9.17, 15) is 13.2 Å². The lowest BCUT2D eigenvalue weighted by atomic mass is 10.1. The minimum absolute atomic E-state index is 0.0348. The number of sulfonamides is 1. The van der Waals surface area contributed by atoms with Crippen LogP contribution in [0.5, 0.6) is 0 Å². The minimum Gasteiger partial charge on any atom is -0.336 e. The summed E-state index contributed by atoms with van der Waals surface area (Å²) < 4.78 is 27.1. The fourth-order valence-electron chi connectivity index (χ4n) is 2.79. The van der Waals surface area contributed by atoms with Gasteiger partial charge in [-0.1, -0.05) is 20.8 Å². The number of hydrogen-bond acceptors (Lipinski definition) is 4. The standard InChI is InChI=1S/C18H29N3O3S/c1-4-20-11-13-21(14-12-20)18(22)16-5-7-17(8-6-16)25(23,24)19-10-9-15(2)3/h5-8,15,19H,4,9-14H2,1-3H3. The summed E-state index contributed by atoms with van der Waals surface area (Å²) in [6.07, 6.45) is 0.791. The van der Waals surface area contributed by atoms with Crippen molar-refractivity contribution in [1.29, 1.82) is 0 Å². The molecule has 1 N–H and O–H groups in total. The normalized spacial score (nSPS) is 16.4. The van der Waals surface area contributed by atoms with E-state index in [0.717, 1.165) is 26.1 Å². The maximum absolute atomic E-state index is 12.5. The molecule has 0 radical (unpaired) electrons. The van der Waals surface area contributed by atoms with Gasteiger partial charge in [0.2, 0.25) is 10.0 Å². The van der Waals surface area contributed by atoms with Crippen LogP contribution in [0, 0.1) is 5.92 Å². The fourth-order valence-corrected chi connectivity index (χ4v) is 3.84. The molecule has 140 valence electrons. The van der Waals surface area contributed by atoms with Gasteiger partial charge in [0, 0.05) is 38.3 Å². The molecule has 0 atom stereocenters. The minimum atomic E-state index is -3.52. The molecule has 0 spiro atoms. The maximum Gasteiger partial charge on any atom is 0.253 e. The number of benzene rings is 1. The zero-order chi connectivity index (χ0) is 18.4. The number of amides is 1. The molecule has 1 amide bonds. The van der Waals surface area contributed by atoms with E-state index in [1.807, 2.05) is 4.90 Å². The highest BCUT2D eigenvalue weighted by atomic mass is 32.2. The second kappa shape index (κ2) is 8.78. The van der Waals surface area contributed by atoms with Crippen LogP contribution in [0.1, 0.15) is 37.6 Å². The number of carbonyl (C=O) groups excluding carboxylic acids is 1. The van der Waals surface area contributed by atoms with Crippen molar-refractivity contribution < 1.29 is 13.2 Å². The lowest BCUT2D eigenvalue weighted by Gasteiger charge is -2.34. The number of nitrogens with one attached hydrogen (secondary N) is 1. The average molecular weight is 368 g/mol. The van der Waals surface area contributed by atoms with E-state index in [1.54, 1.807) is 12.1 Å². The summed E-state index contributed by atoms with van der Waals surface area (Å²) in [7, 11) is -3.52. The summed E-state index contributed by atoms with van der Waals surface area (Å²) in [6, 6.07) is 6.22. The van der Waals surface area contributed by atoms with Crippen LogP contribution in [0.15, 0.2) is 29.2 Å². The SMILES string of the molecule is CCN1CCN(C(=O)c2ccc(S(=O)(=O)NCCC(C)C)cc2)CC1. The van der Waals surface area contributed by atoms with Gasteiger partial charge in [0.25, 0.3) is 5.91 Å². The Balaban J connectivity index is 1.98. The lowest BCUT2D eigenvalue weighted by molar-refractivity contribution is 0.0643. The molecule has 25 heavy (non-hydrogen) atoms. The van der Waals surface area contributed by atoms with E-state index in [0.29, 0.717) is 31.1 Å². The average Bonchev–Trinajstić information content (AvgIpc) is 2.61. The molecule has 6 nitrogen and oxygen atoms in total. The van der Waals surface area contributed by atoms with Crippen LogP contribution in [0.25, 0.3) is 0 Å². The van der Waals surface area contributed by atoms with Crippen molar-refractivity contribution in [2.45, 2.75) is 32.1 Å². The Morgan fingerprint density at radius 2 is 1.72 bits per heavy atom. The molecule has 0 bridgehead atoms. The fraction of sp³-hybridized carbons (Fsp3) is 0.611. The summed E-state index contributed by atoms with van der Waals surface area (Å²) in [5.74, 6) is 0.406. The Bertz CT molecular complexity index is 663. The lowest BCUT2D eigenvalue weighted by Crippen LogP contribution is -2.48. The van der Waals surface area contributed by atoms with E-state index < -0.39 is 10.0 Å². The van der Waals surface area contributed by atoms with Crippen molar-refractivity contribution in [2.24, 2.45) is 5.92 Å². The molecule has 0 aromatic heterocycles. The van der Waals surface area contributed by atoms with Crippen LogP contribution in [0.2, 0.25) is 0 Å². The van der Waals surface area contributed by atoms with Gasteiger partial charge in [0.15, 0.2) is 0 Å². The van der Waals surface area contributed by atoms with Crippen molar-refractivity contribution in [3.8, 4) is 0 Å². The predicted octanol–water partition coefficient (Wildman–Crippen LogP) is 1.79. The van der Waals surface area contributed by atoms with Gasteiger partial charge < -0.3 is 9.80 Å². The summed E-state index contributed by atoms with van der Waals surface area (Å²) in [6.45, 7) is 10.8. The molecular formula is C18H29N3O3S. The zero-order valence-corrected chi connectivity index (χ0v) is 16.2. The number of piperazine rings is 1. The Morgan fingerprint density at radius 3 is 2.24 bits per heavy atom. The summed E-state index contributed by atoms with van der Waals surface area (Å²) >= 11 is 0. The Hall–Kier alpha value is -1.44. The molecule has 1 aliphatic heterocycles. The van der Waals surface area contributed by atoms with Crippen LogP contribution >= 0.6 is 0 Å². The molecule has 0 aliphatic carbocycles. The Morgan fingerprint density at radius 1 is 1.12 bits per heavy atom. The van der Waals surface area contributed by atoms with E-state index in [2.05, 4.69) is 30.4 Å². The highest BCUT2D eigenvalue weighted by Gasteiger charge is 2.22. The highest BCUT2D eigenvalue weighted by molar-refractivity contribution is 7.89. The maximum atomic E-state index is 12.5. The van der Waals surface area contributed by atoms with E-state index in [4.69, 9.17) is 0 Å². The first kappa shape index (κ1) is 19.9. The second-order valence-electron chi connectivity index (χ2n) is 6.83. The van der Waals surface area contributed by atoms with Crippen molar-refractivity contribution in [3.05, 3.63) is 29.8 Å². The molecule has 2 rings (SSSR count). The first-order valence-corrected chi connectivity index (χ1v) is 10.4. The van der Waals surface area contributed by atoms with Gasteiger partial charge in [-0.2, -0.15) is 0 Å². The third kappa shape index (κ3) is 5.52. The zero-order valence-electron chi connectivity index (χ0n) is 15.4. The molecule has 1 aliphatic rings. The third-order valence-electron chi connectivity index (χ3n) is 4.53. The first-order chi connectivity index (χ1) is 11.8. The summed E-state index contributed by atoms with van der Waals surface area (Å²) in [5.41, 5.74) is 0.533. The number of hydrogen-bond donors (Lipinski definition) is 1. The van der Waals surface area contributed by atoms with Gasteiger partial charge in [-0.25, -0.2) is 13.1 Å². The van der Waals surface area contributed by atoms with Crippen LogP contribution in [0.4, 0.5) is 0 Å². The topological polar surface area (TPSA) is 69.7 Å². The molecule has 1 fully saturated rings.